The van der Waals surface area contributed by atoms with Crippen LogP contribution in [0, 0.1) is 12.8 Å². The summed E-state index contributed by atoms with van der Waals surface area (Å²) in [6.07, 6.45) is 2.76. The largest absolute Gasteiger partial charge is 0.481 e. The molecule has 0 aromatic carbocycles. The molecule has 26 heavy (non-hydrogen) atoms. The van der Waals surface area contributed by atoms with Gasteiger partial charge in [-0.25, -0.2) is 4.79 Å². The van der Waals surface area contributed by atoms with Crippen LogP contribution in [0.3, 0.4) is 0 Å². The summed E-state index contributed by atoms with van der Waals surface area (Å²) in [7, 11) is 3.94. The number of aliphatic carboxylic acids is 1. The van der Waals surface area contributed by atoms with Gasteiger partial charge in [-0.3, -0.25) is 14.2 Å². The van der Waals surface area contributed by atoms with Crippen molar-refractivity contribution < 1.29 is 14.7 Å². The summed E-state index contributed by atoms with van der Waals surface area (Å²) in [4.78, 5) is 41.7. The summed E-state index contributed by atoms with van der Waals surface area (Å²) in [5, 5.41) is 11.3. The van der Waals surface area contributed by atoms with Crippen LogP contribution in [0.4, 0.5) is 0 Å². The van der Waals surface area contributed by atoms with E-state index in [-0.39, 0.29) is 24.8 Å². The van der Waals surface area contributed by atoms with Crippen molar-refractivity contribution in [1.29, 1.82) is 0 Å². The summed E-state index contributed by atoms with van der Waals surface area (Å²) in [6.45, 7) is 6.57. The van der Waals surface area contributed by atoms with Crippen LogP contribution in [-0.2, 0) is 16.0 Å². The monoisotopic (exact) mass is 366 g/mol. The maximum atomic E-state index is 12.6. The lowest BCUT2D eigenvalue weighted by Crippen LogP contribution is -2.40. The highest BCUT2D eigenvalue weighted by Gasteiger charge is 2.24. The highest BCUT2D eigenvalue weighted by atomic mass is 16.4. The van der Waals surface area contributed by atoms with E-state index < -0.39 is 17.7 Å². The number of aryl methyl sites for hydroxylation is 1. The Balaban J connectivity index is 3.11. The quantitative estimate of drug-likeness (QED) is 0.636. The minimum absolute atomic E-state index is 0.0320. The molecule has 1 aromatic rings. The van der Waals surface area contributed by atoms with Crippen molar-refractivity contribution in [2.24, 2.45) is 5.92 Å². The third-order valence-electron chi connectivity index (χ3n) is 4.04. The van der Waals surface area contributed by atoms with Gasteiger partial charge in [0.15, 0.2) is 0 Å². The first kappa shape index (κ1) is 21.8. The van der Waals surface area contributed by atoms with Crippen LogP contribution in [0.5, 0.6) is 0 Å². The van der Waals surface area contributed by atoms with E-state index in [1.165, 1.54) is 4.57 Å². The third kappa shape index (κ3) is 6.95. The number of amides is 1. The maximum absolute atomic E-state index is 12.6. The minimum atomic E-state index is -0.981. The fraction of sp³-hybridized carbons (Fsp3) is 0.667. The van der Waals surface area contributed by atoms with E-state index >= 15 is 0 Å². The van der Waals surface area contributed by atoms with Crippen molar-refractivity contribution in [2.45, 2.75) is 46.1 Å². The van der Waals surface area contributed by atoms with Gasteiger partial charge in [0.25, 0.3) is 0 Å². The van der Waals surface area contributed by atoms with Gasteiger partial charge in [-0.1, -0.05) is 13.8 Å². The molecule has 1 amide bonds. The van der Waals surface area contributed by atoms with Gasteiger partial charge in [0.1, 0.15) is 6.04 Å². The number of rotatable bonds is 10. The lowest BCUT2D eigenvalue weighted by atomic mass is 10.0. The van der Waals surface area contributed by atoms with E-state index in [0.29, 0.717) is 12.1 Å². The van der Waals surface area contributed by atoms with Crippen LogP contribution in [0.15, 0.2) is 11.0 Å². The van der Waals surface area contributed by atoms with Crippen molar-refractivity contribution in [3.8, 4) is 0 Å². The molecule has 1 heterocycles. The van der Waals surface area contributed by atoms with Crippen LogP contribution >= 0.6 is 0 Å². The van der Waals surface area contributed by atoms with E-state index in [0.717, 1.165) is 18.5 Å². The number of carboxylic acids is 1. The predicted molar refractivity (Wildman–Crippen MR) is 99.2 cm³/mol. The van der Waals surface area contributed by atoms with Gasteiger partial charge in [-0.2, -0.15) is 4.98 Å². The van der Waals surface area contributed by atoms with Crippen molar-refractivity contribution in [1.82, 2.24) is 19.8 Å². The van der Waals surface area contributed by atoms with E-state index in [2.05, 4.69) is 10.3 Å². The first-order chi connectivity index (χ1) is 12.1. The summed E-state index contributed by atoms with van der Waals surface area (Å²) in [6, 6.07) is -0.706. The average molecular weight is 366 g/mol. The Hall–Kier alpha value is -2.22. The highest BCUT2D eigenvalue weighted by molar-refractivity contribution is 5.80. The first-order valence-electron chi connectivity index (χ1n) is 8.84. The summed E-state index contributed by atoms with van der Waals surface area (Å²) in [5.41, 5.74) is 1.13. The molecule has 1 rings (SSSR count). The van der Waals surface area contributed by atoms with Gasteiger partial charge in [0, 0.05) is 25.0 Å². The zero-order valence-electron chi connectivity index (χ0n) is 16.3. The third-order valence-corrected chi connectivity index (χ3v) is 4.04. The standard InChI is InChI=1S/C18H30N4O4/c1-12(2)10-15(17(25)19-8-6-16(23)24)22-11-14(7-9-21(4)5)13(3)20-18(22)26/h11-12,15H,6-10H2,1-5H3,(H,19,25)(H,23,24)/t15-/m0/s1. The fourth-order valence-electron chi connectivity index (χ4n) is 2.61. The van der Waals surface area contributed by atoms with Gasteiger partial charge >= 0.3 is 11.7 Å². The average Bonchev–Trinajstić information content (AvgIpc) is 2.51. The lowest BCUT2D eigenvalue weighted by Gasteiger charge is -2.22. The second kappa shape index (κ2) is 10.1. The molecule has 146 valence electrons. The molecule has 0 saturated carbocycles. The predicted octanol–water partition coefficient (Wildman–Crippen LogP) is 0.834. The van der Waals surface area contributed by atoms with E-state index in [4.69, 9.17) is 5.11 Å². The number of carboxylic acid groups (broad SMARTS) is 1. The van der Waals surface area contributed by atoms with E-state index in [1.54, 1.807) is 13.1 Å². The summed E-state index contributed by atoms with van der Waals surface area (Å²) in [5.74, 6) is -1.15. The molecule has 0 spiro atoms. The van der Waals surface area contributed by atoms with Crippen molar-refractivity contribution >= 4 is 11.9 Å². The molecule has 0 aliphatic carbocycles. The molecule has 0 saturated heterocycles. The molecular weight excluding hydrogens is 336 g/mol. The zero-order chi connectivity index (χ0) is 19.9. The minimum Gasteiger partial charge on any atom is -0.481 e. The number of aromatic nitrogens is 2. The Kier molecular flexibility index (Phi) is 8.44. The molecule has 0 radical (unpaired) electrons. The molecule has 0 aliphatic rings. The Morgan fingerprint density at radius 1 is 1.35 bits per heavy atom. The molecule has 8 nitrogen and oxygen atoms in total. The van der Waals surface area contributed by atoms with Crippen LogP contribution in [0.1, 0.15) is 44.0 Å². The zero-order valence-corrected chi connectivity index (χ0v) is 16.3. The second-order valence-corrected chi connectivity index (χ2v) is 7.17. The molecule has 0 unspecified atom stereocenters. The van der Waals surface area contributed by atoms with Crippen LogP contribution in [0.2, 0.25) is 0 Å². The number of nitrogens with zero attached hydrogens (tertiary/aromatic N) is 3. The molecule has 1 aromatic heterocycles. The normalized spacial score (nSPS) is 12.4. The molecular formula is C18H30N4O4. The molecule has 1 atom stereocenters. The van der Waals surface area contributed by atoms with Gasteiger partial charge in [-0.05, 0) is 45.3 Å². The smallest absolute Gasteiger partial charge is 0.348 e. The second-order valence-electron chi connectivity index (χ2n) is 7.17. The Morgan fingerprint density at radius 3 is 2.54 bits per heavy atom. The Morgan fingerprint density at radius 2 is 2.00 bits per heavy atom. The SMILES string of the molecule is Cc1nc(=O)n([C@@H](CC(C)C)C(=O)NCCC(=O)O)cc1CCN(C)C. The van der Waals surface area contributed by atoms with Crippen LogP contribution in [0.25, 0.3) is 0 Å². The molecule has 2 N–H and O–H groups in total. The lowest BCUT2D eigenvalue weighted by molar-refractivity contribution is -0.137. The number of hydrogen-bond acceptors (Lipinski definition) is 5. The van der Waals surface area contributed by atoms with Crippen LogP contribution in [-0.4, -0.2) is 58.6 Å². The number of nitrogens with one attached hydrogen (secondary N) is 1. The number of hydrogen-bond donors (Lipinski definition) is 2. The van der Waals surface area contributed by atoms with E-state index in [1.807, 2.05) is 32.8 Å². The van der Waals surface area contributed by atoms with Crippen LogP contribution < -0.4 is 11.0 Å². The number of carbonyl (C=O) groups is 2. The highest BCUT2D eigenvalue weighted by Crippen LogP contribution is 2.17. The number of carbonyl (C=O) groups excluding carboxylic acids is 1. The topological polar surface area (TPSA) is 105 Å². The van der Waals surface area contributed by atoms with Crippen molar-refractivity contribution in [3.63, 3.8) is 0 Å². The van der Waals surface area contributed by atoms with E-state index in [9.17, 15) is 14.4 Å². The Bertz CT molecular complexity index is 682. The maximum Gasteiger partial charge on any atom is 0.348 e. The first-order valence-corrected chi connectivity index (χ1v) is 8.84. The van der Waals surface area contributed by atoms with Crippen molar-refractivity contribution in [3.05, 3.63) is 27.9 Å². The number of likely N-dealkylation sites (N-methyl/N-ethyl adjacent to an activating group) is 1. The molecule has 0 fully saturated rings. The van der Waals surface area contributed by atoms with Gasteiger partial charge < -0.3 is 15.3 Å². The summed E-state index contributed by atoms with van der Waals surface area (Å²) >= 11 is 0. The molecule has 0 bridgehead atoms. The van der Waals surface area contributed by atoms with Crippen molar-refractivity contribution in [2.75, 3.05) is 27.2 Å². The fourth-order valence-corrected chi connectivity index (χ4v) is 2.61. The van der Waals surface area contributed by atoms with Gasteiger partial charge in [0.05, 0.1) is 6.42 Å². The van der Waals surface area contributed by atoms with Gasteiger partial charge in [0.2, 0.25) is 5.91 Å². The Labute approximate surface area is 154 Å². The van der Waals surface area contributed by atoms with Gasteiger partial charge in [-0.15, -0.1) is 0 Å². The summed E-state index contributed by atoms with van der Waals surface area (Å²) < 4.78 is 1.38. The molecule has 8 heteroatoms. The molecule has 0 aliphatic heterocycles.